The summed E-state index contributed by atoms with van der Waals surface area (Å²) >= 11 is 0. The van der Waals surface area contributed by atoms with Crippen LogP contribution in [0.15, 0.2) is 0 Å². The summed E-state index contributed by atoms with van der Waals surface area (Å²) in [6.45, 7) is 0. The highest BCUT2D eigenvalue weighted by Gasteiger charge is 2.45. The van der Waals surface area contributed by atoms with E-state index in [9.17, 15) is 21.6 Å². The number of aliphatic hydroxyl groups is 1. The zero-order valence-electron chi connectivity index (χ0n) is 5.17. The highest BCUT2D eigenvalue weighted by atomic mass is 32.2. The van der Waals surface area contributed by atoms with Crippen molar-refractivity contribution >= 4 is 9.84 Å². The molecule has 0 rings (SSSR count). The fraction of sp³-hybridized carbons (Fsp3) is 1.00. The molecule has 0 spiro atoms. The Morgan fingerprint density at radius 2 is 1.82 bits per heavy atom. The zero-order valence-corrected chi connectivity index (χ0v) is 5.98. The normalized spacial score (nSPS) is 16.5. The Hall–Kier alpha value is -0.340. The second kappa shape index (κ2) is 2.95. The molecule has 0 aliphatic carbocycles. The maximum atomic E-state index is 11.4. The van der Waals surface area contributed by atoms with Gasteiger partial charge in [-0.25, -0.2) is 8.42 Å². The van der Waals surface area contributed by atoms with E-state index in [-0.39, 0.29) is 0 Å². The minimum atomic E-state index is -5.34. The molecule has 0 fully saturated rings. The van der Waals surface area contributed by atoms with E-state index < -0.39 is 27.3 Å². The molecule has 0 amide bonds. The van der Waals surface area contributed by atoms with Gasteiger partial charge in [0.15, 0.2) is 0 Å². The molecule has 0 aromatic heterocycles. The average Bonchev–Trinajstić information content (AvgIpc) is 1.56. The summed E-state index contributed by atoms with van der Waals surface area (Å²) < 4.78 is 54.5. The average molecular weight is 193 g/mol. The number of hydrogen-bond donors (Lipinski definition) is 2. The lowest BCUT2D eigenvalue weighted by atomic mass is 10.7. The first-order valence-corrected chi connectivity index (χ1v) is 4.05. The van der Waals surface area contributed by atoms with Crippen LogP contribution in [0.2, 0.25) is 0 Å². The Labute approximate surface area is 60.7 Å². The molecule has 0 radical (unpaired) electrons. The van der Waals surface area contributed by atoms with Crippen LogP contribution in [0.25, 0.3) is 0 Å². The molecule has 0 bridgehead atoms. The zero-order chi connectivity index (χ0) is 9.28. The Morgan fingerprint density at radius 3 is 1.91 bits per heavy atom. The first kappa shape index (κ1) is 10.7. The molecule has 0 saturated carbocycles. The number of rotatable bonds is 2. The monoisotopic (exact) mass is 193 g/mol. The van der Waals surface area contributed by atoms with Crippen molar-refractivity contribution in [2.45, 2.75) is 11.7 Å². The predicted molar refractivity (Wildman–Crippen MR) is 30.0 cm³/mol. The number of nitrogens with two attached hydrogens (primary N) is 1. The van der Waals surface area contributed by atoms with Gasteiger partial charge in [-0.15, -0.1) is 0 Å². The summed E-state index contributed by atoms with van der Waals surface area (Å²) in [4.78, 5) is 0. The number of aliphatic hydroxyl groups excluding tert-OH is 1. The van der Waals surface area contributed by atoms with Crippen molar-refractivity contribution in [3.8, 4) is 0 Å². The van der Waals surface area contributed by atoms with Gasteiger partial charge in [-0.3, -0.25) is 0 Å². The van der Waals surface area contributed by atoms with Gasteiger partial charge < -0.3 is 10.8 Å². The van der Waals surface area contributed by atoms with Crippen molar-refractivity contribution in [3.63, 3.8) is 0 Å². The lowest BCUT2D eigenvalue weighted by Crippen LogP contribution is -2.36. The molecule has 0 aliphatic rings. The van der Waals surface area contributed by atoms with Crippen LogP contribution in [0.4, 0.5) is 13.2 Å². The summed E-state index contributed by atoms with van der Waals surface area (Å²) in [5, 5.41) is 8.15. The van der Waals surface area contributed by atoms with Crippen molar-refractivity contribution in [2.24, 2.45) is 5.73 Å². The molecule has 0 saturated heterocycles. The molecule has 3 N–H and O–H groups in total. The molecule has 11 heavy (non-hydrogen) atoms. The fourth-order valence-corrected chi connectivity index (χ4v) is 0.958. The summed E-state index contributed by atoms with van der Waals surface area (Å²) in [6, 6.07) is 0. The molecular formula is C3H6F3NO3S. The van der Waals surface area contributed by atoms with Crippen LogP contribution >= 0.6 is 0 Å². The van der Waals surface area contributed by atoms with Crippen molar-refractivity contribution in [2.75, 3.05) is 5.75 Å². The highest BCUT2D eigenvalue weighted by Crippen LogP contribution is 2.23. The van der Waals surface area contributed by atoms with Crippen molar-refractivity contribution < 1.29 is 26.7 Å². The lowest BCUT2D eigenvalue weighted by molar-refractivity contribution is -0.0443. The van der Waals surface area contributed by atoms with Crippen LogP contribution < -0.4 is 5.73 Å². The SMILES string of the molecule is NC(O)CS(=O)(=O)C(F)(F)F. The lowest BCUT2D eigenvalue weighted by Gasteiger charge is -2.08. The van der Waals surface area contributed by atoms with Crippen LogP contribution in [-0.2, 0) is 9.84 Å². The summed E-state index contributed by atoms with van der Waals surface area (Å²) in [5.41, 5.74) is -0.888. The van der Waals surface area contributed by atoms with E-state index in [1.165, 1.54) is 0 Å². The molecule has 68 valence electrons. The first-order valence-electron chi connectivity index (χ1n) is 2.39. The van der Waals surface area contributed by atoms with E-state index in [1.54, 1.807) is 0 Å². The Kier molecular flexibility index (Phi) is 2.86. The summed E-state index contributed by atoms with van der Waals surface area (Å²) in [6.07, 6.45) is -2.00. The summed E-state index contributed by atoms with van der Waals surface area (Å²) in [5.74, 6) is -1.50. The summed E-state index contributed by atoms with van der Waals surface area (Å²) in [7, 11) is -5.27. The highest BCUT2D eigenvalue weighted by molar-refractivity contribution is 7.92. The minimum Gasteiger partial charge on any atom is -0.378 e. The topological polar surface area (TPSA) is 80.4 Å². The van der Waals surface area contributed by atoms with Gasteiger partial charge in [-0.1, -0.05) is 0 Å². The molecular weight excluding hydrogens is 187 g/mol. The number of sulfone groups is 1. The van der Waals surface area contributed by atoms with Crippen LogP contribution in [0.5, 0.6) is 0 Å². The molecule has 0 aromatic carbocycles. The van der Waals surface area contributed by atoms with Gasteiger partial charge >= 0.3 is 5.51 Å². The van der Waals surface area contributed by atoms with Gasteiger partial charge in [0.05, 0.1) is 5.75 Å². The van der Waals surface area contributed by atoms with E-state index in [0.29, 0.717) is 0 Å². The number of halogens is 3. The maximum Gasteiger partial charge on any atom is 0.497 e. The fourth-order valence-electron chi connectivity index (χ4n) is 0.319. The van der Waals surface area contributed by atoms with Gasteiger partial charge in [0.2, 0.25) is 0 Å². The molecule has 0 aromatic rings. The van der Waals surface area contributed by atoms with Gasteiger partial charge in [0.25, 0.3) is 9.84 Å². The van der Waals surface area contributed by atoms with Crippen molar-refractivity contribution in [1.82, 2.24) is 0 Å². The molecule has 1 unspecified atom stereocenters. The van der Waals surface area contributed by atoms with E-state index >= 15 is 0 Å². The van der Waals surface area contributed by atoms with E-state index in [1.807, 2.05) is 0 Å². The van der Waals surface area contributed by atoms with Crippen LogP contribution in [-0.4, -0.2) is 31.0 Å². The third-order valence-electron chi connectivity index (χ3n) is 0.743. The van der Waals surface area contributed by atoms with E-state index in [2.05, 4.69) is 5.73 Å². The molecule has 1 atom stereocenters. The van der Waals surface area contributed by atoms with E-state index in [4.69, 9.17) is 5.11 Å². The maximum absolute atomic E-state index is 11.4. The Bertz CT molecular complexity index is 218. The predicted octanol–water partition coefficient (Wildman–Crippen LogP) is -0.802. The minimum absolute atomic E-state index is 1.50. The number of alkyl halides is 3. The van der Waals surface area contributed by atoms with Crippen LogP contribution in [0, 0.1) is 0 Å². The quantitative estimate of drug-likeness (QED) is 0.562. The Morgan fingerprint density at radius 1 is 1.45 bits per heavy atom. The smallest absolute Gasteiger partial charge is 0.378 e. The standard InChI is InChI=1S/C3H6F3NO3S/c4-3(5,6)11(9,10)1-2(7)8/h2,8H,1,7H2. The molecule has 0 aliphatic heterocycles. The molecule has 4 nitrogen and oxygen atoms in total. The second-order valence-electron chi connectivity index (χ2n) is 1.79. The van der Waals surface area contributed by atoms with Gasteiger partial charge in [0.1, 0.15) is 6.23 Å². The third-order valence-corrected chi connectivity index (χ3v) is 2.23. The van der Waals surface area contributed by atoms with Gasteiger partial charge in [-0.2, -0.15) is 13.2 Å². The van der Waals surface area contributed by atoms with Crippen LogP contribution in [0.1, 0.15) is 0 Å². The number of hydrogen-bond acceptors (Lipinski definition) is 4. The van der Waals surface area contributed by atoms with Crippen molar-refractivity contribution in [3.05, 3.63) is 0 Å². The second-order valence-corrected chi connectivity index (χ2v) is 3.82. The van der Waals surface area contributed by atoms with Gasteiger partial charge in [-0.05, 0) is 0 Å². The molecule has 8 heteroatoms. The van der Waals surface area contributed by atoms with Crippen LogP contribution in [0.3, 0.4) is 0 Å². The molecule has 0 heterocycles. The van der Waals surface area contributed by atoms with Crippen molar-refractivity contribution in [1.29, 1.82) is 0 Å². The largest absolute Gasteiger partial charge is 0.497 e. The third kappa shape index (κ3) is 3.04. The Balaban J connectivity index is 4.51. The first-order chi connectivity index (χ1) is 4.67. The van der Waals surface area contributed by atoms with Gasteiger partial charge in [0, 0.05) is 0 Å². The van der Waals surface area contributed by atoms with E-state index in [0.717, 1.165) is 0 Å².